The molecule has 142 valence electrons. The molecule has 6 nitrogen and oxygen atoms in total. The number of carbonyl (C=O) groups is 1. The van der Waals surface area contributed by atoms with E-state index in [4.69, 9.17) is 0 Å². The third-order valence-electron chi connectivity index (χ3n) is 5.18. The van der Waals surface area contributed by atoms with Crippen molar-refractivity contribution in [1.82, 2.24) is 9.21 Å². The molecule has 1 N–H and O–H groups in total. The van der Waals surface area contributed by atoms with Crippen LogP contribution < -0.4 is 5.32 Å². The van der Waals surface area contributed by atoms with Crippen LogP contribution in [0.3, 0.4) is 0 Å². The minimum absolute atomic E-state index is 0.000597. The Kier molecular flexibility index (Phi) is 6.11. The Morgan fingerprint density at radius 2 is 1.81 bits per heavy atom. The van der Waals surface area contributed by atoms with Crippen molar-refractivity contribution in [3.05, 3.63) is 36.4 Å². The van der Waals surface area contributed by atoms with Gasteiger partial charge >= 0.3 is 0 Å². The molecule has 0 spiro atoms. The molecule has 26 heavy (non-hydrogen) atoms. The number of hydrogen-bond donors (Lipinski definition) is 1. The summed E-state index contributed by atoms with van der Waals surface area (Å²) in [7, 11) is -3.47. The molecule has 3 rings (SSSR count). The lowest BCUT2D eigenvalue weighted by molar-refractivity contribution is -0.120. The average Bonchev–Trinajstić information content (AvgIpc) is 2.69. The van der Waals surface area contributed by atoms with Crippen LogP contribution in [-0.2, 0) is 14.8 Å². The maximum atomic E-state index is 12.8. The van der Waals surface area contributed by atoms with Crippen LogP contribution in [0.1, 0.15) is 26.2 Å². The zero-order chi connectivity index (χ0) is 18.6. The SMILES string of the molecule is CCN1CCN(S(=O)(=O)c2ccc(NC(=O)[C@@H]3CC=CCC3)cc2)CC1. The van der Waals surface area contributed by atoms with Crippen LogP contribution in [0.2, 0.25) is 0 Å². The van der Waals surface area contributed by atoms with E-state index < -0.39 is 10.0 Å². The number of rotatable bonds is 5. The van der Waals surface area contributed by atoms with E-state index in [-0.39, 0.29) is 16.7 Å². The summed E-state index contributed by atoms with van der Waals surface area (Å²) in [5.74, 6) is -0.00100. The molecular formula is C19H27N3O3S. The number of piperazine rings is 1. The van der Waals surface area contributed by atoms with E-state index in [9.17, 15) is 13.2 Å². The normalized spacial score (nSPS) is 22.3. The summed E-state index contributed by atoms with van der Waals surface area (Å²) in [4.78, 5) is 14.8. The first-order chi connectivity index (χ1) is 12.5. The third-order valence-corrected chi connectivity index (χ3v) is 7.09. The number of nitrogens with one attached hydrogen (secondary N) is 1. The fourth-order valence-electron chi connectivity index (χ4n) is 3.42. The van der Waals surface area contributed by atoms with Gasteiger partial charge in [0.15, 0.2) is 0 Å². The molecule has 7 heteroatoms. The van der Waals surface area contributed by atoms with E-state index >= 15 is 0 Å². The van der Waals surface area contributed by atoms with Gasteiger partial charge < -0.3 is 10.2 Å². The molecule has 1 aliphatic carbocycles. The maximum Gasteiger partial charge on any atom is 0.243 e. The van der Waals surface area contributed by atoms with Crippen LogP contribution in [0.4, 0.5) is 5.69 Å². The van der Waals surface area contributed by atoms with Gasteiger partial charge in [0.05, 0.1) is 4.90 Å². The van der Waals surface area contributed by atoms with Crippen molar-refractivity contribution in [3.8, 4) is 0 Å². The number of carbonyl (C=O) groups excluding carboxylic acids is 1. The van der Waals surface area contributed by atoms with E-state index in [1.54, 1.807) is 28.6 Å². The summed E-state index contributed by atoms with van der Waals surface area (Å²) in [5, 5.41) is 2.90. The average molecular weight is 378 g/mol. The molecule has 1 aromatic carbocycles. The lowest BCUT2D eigenvalue weighted by Crippen LogP contribution is -2.48. The predicted molar refractivity (Wildman–Crippen MR) is 102 cm³/mol. The van der Waals surface area contributed by atoms with Gasteiger partial charge in [0.2, 0.25) is 15.9 Å². The van der Waals surface area contributed by atoms with E-state index in [1.807, 2.05) is 6.08 Å². The molecule has 1 aromatic rings. The van der Waals surface area contributed by atoms with Crippen LogP contribution in [0.25, 0.3) is 0 Å². The highest BCUT2D eigenvalue weighted by Crippen LogP contribution is 2.22. The van der Waals surface area contributed by atoms with Gasteiger partial charge in [-0.1, -0.05) is 19.1 Å². The number of likely N-dealkylation sites (N-methyl/N-ethyl adjacent to an activating group) is 1. The Morgan fingerprint density at radius 3 is 2.38 bits per heavy atom. The molecule has 1 aliphatic heterocycles. The highest BCUT2D eigenvalue weighted by Gasteiger charge is 2.28. The van der Waals surface area contributed by atoms with Gasteiger partial charge in [0.1, 0.15) is 0 Å². The first kappa shape index (κ1) is 19.1. The molecule has 0 saturated carbocycles. The second-order valence-corrected chi connectivity index (χ2v) is 8.77. The first-order valence-corrected chi connectivity index (χ1v) is 10.7. The summed E-state index contributed by atoms with van der Waals surface area (Å²) in [5.41, 5.74) is 0.638. The maximum absolute atomic E-state index is 12.8. The number of hydrogen-bond acceptors (Lipinski definition) is 4. The number of sulfonamides is 1. The van der Waals surface area contributed by atoms with Crippen molar-refractivity contribution >= 4 is 21.6 Å². The van der Waals surface area contributed by atoms with Crippen molar-refractivity contribution < 1.29 is 13.2 Å². The van der Waals surface area contributed by atoms with E-state index in [0.717, 1.165) is 38.9 Å². The summed E-state index contributed by atoms with van der Waals surface area (Å²) in [6, 6.07) is 6.51. The second-order valence-electron chi connectivity index (χ2n) is 6.83. The topological polar surface area (TPSA) is 69.7 Å². The smallest absolute Gasteiger partial charge is 0.243 e. The largest absolute Gasteiger partial charge is 0.326 e. The van der Waals surface area contributed by atoms with Crippen molar-refractivity contribution in [2.24, 2.45) is 5.92 Å². The molecule has 0 radical (unpaired) electrons. The highest BCUT2D eigenvalue weighted by atomic mass is 32.2. The fourth-order valence-corrected chi connectivity index (χ4v) is 4.84. The van der Waals surface area contributed by atoms with Gasteiger partial charge in [-0.25, -0.2) is 8.42 Å². The Bertz CT molecular complexity index is 751. The number of amides is 1. The number of benzene rings is 1. The highest BCUT2D eigenvalue weighted by molar-refractivity contribution is 7.89. The quantitative estimate of drug-likeness (QED) is 0.800. The lowest BCUT2D eigenvalue weighted by Gasteiger charge is -2.33. The summed E-state index contributed by atoms with van der Waals surface area (Å²) in [6.45, 7) is 5.59. The Morgan fingerprint density at radius 1 is 1.12 bits per heavy atom. The van der Waals surface area contributed by atoms with Crippen LogP contribution in [0.5, 0.6) is 0 Å². The minimum atomic E-state index is -3.47. The van der Waals surface area contributed by atoms with Crippen LogP contribution in [0, 0.1) is 5.92 Å². The number of nitrogens with zero attached hydrogens (tertiary/aromatic N) is 2. The zero-order valence-corrected chi connectivity index (χ0v) is 16.0. The van der Waals surface area contributed by atoms with E-state index in [1.165, 1.54) is 0 Å². The Balaban J connectivity index is 1.63. The summed E-state index contributed by atoms with van der Waals surface area (Å²) < 4.78 is 27.1. The lowest BCUT2D eigenvalue weighted by atomic mass is 9.93. The molecule has 0 aromatic heterocycles. The second kappa shape index (κ2) is 8.33. The fraction of sp³-hybridized carbons (Fsp3) is 0.526. The van der Waals surface area contributed by atoms with E-state index in [2.05, 4.69) is 23.2 Å². The molecule has 1 saturated heterocycles. The van der Waals surface area contributed by atoms with Gasteiger partial charge in [0, 0.05) is 37.8 Å². The first-order valence-electron chi connectivity index (χ1n) is 9.29. The van der Waals surface area contributed by atoms with Crippen molar-refractivity contribution in [1.29, 1.82) is 0 Å². The Labute approximate surface area is 155 Å². The predicted octanol–water partition coefficient (Wildman–Crippen LogP) is 2.31. The molecule has 0 bridgehead atoms. The third kappa shape index (κ3) is 4.34. The summed E-state index contributed by atoms with van der Waals surface area (Å²) in [6.07, 6.45) is 6.70. The molecule has 1 amide bonds. The van der Waals surface area contributed by atoms with Crippen molar-refractivity contribution in [2.75, 3.05) is 38.0 Å². The van der Waals surface area contributed by atoms with Gasteiger partial charge in [-0.15, -0.1) is 0 Å². The molecule has 1 heterocycles. The van der Waals surface area contributed by atoms with Crippen molar-refractivity contribution in [2.45, 2.75) is 31.1 Å². The van der Waals surface area contributed by atoms with E-state index in [0.29, 0.717) is 18.8 Å². The Hall–Kier alpha value is -1.70. The van der Waals surface area contributed by atoms with Crippen LogP contribution >= 0.6 is 0 Å². The summed E-state index contributed by atoms with van der Waals surface area (Å²) >= 11 is 0. The molecule has 1 atom stereocenters. The number of allylic oxidation sites excluding steroid dienone is 2. The standard InChI is InChI=1S/C19H27N3O3S/c1-2-21-12-14-22(15-13-21)26(24,25)18-10-8-17(9-11-18)20-19(23)16-6-4-3-5-7-16/h3-4,8-11,16H,2,5-7,12-15H2,1H3,(H,20,23)/t16-/m1/s1. The van der Waals surface area contributed by atoms with Gasteiger partial charge in [0.25, 0.3) is 0 Å². The van der Waals surface area contributed by atoms with Gasteiger partial charge in [-0.05, 0) is 50.1 Å². The molecule has 1 fully saturated rings. The minimum Gasteiger partial charge on any atom is -0.326 e. The van der Waals surface area contributed by atoms with Crippen LogP contribution in [-0.4, -0.2) is 56.3 Å². The van der Waals surface area contributed by atoms with Crippen molar-refractivity contribution in [3.63, 3.8) is 0 Å². The monoisotopic (exact) mass is 377 g/mol. The number of anilines is 1. The molecular weight excluding hydrogens is 350 g/mol. The van der Waals surface area contributed by atoms with Gasteiger partial charge in [-0.2, -0.15) is 4.31 Å². The van der Waals surface area contributed by atoms with Crippen LogP contribution in [0.15, 0.2) is 41.3 Å². The zero-order valence-electron chi connectivity index (χ0n) is 15.2. The molecule has 2 aliphatic rings. The van der Waals surface area contributed by atoms with Gasteiger partial charge in [-0.3, -0.25) is 4.79 Å². The molecule has 0 unspecified atom stereocenters.